The zero-order valence-electron chi connectivity index (χ0n) is 17.9. The third-order valence-electron chi connectivity index (χ3n) is 5.13. The molecule has 0 saturated carbocycles. The molecule has 1 aliphatic rings. The Bertz CT molecular complexity index is 1180. The molecule has 0 aromatic heterocycles. The van der Waals surface area contributed by atoms with Crippen LogP contribution < -0.4 is 10.3 Å². The summed E-state index contributed by atoms with van der Waals surface area (Å²) >= 11 is 0. The third kappa shape index (κ3) is 5.71. The van der Waals surface area contributed by atoms with Crippen molar-refractivity contribution in [2.24, 2.45) is 5.10 Å². The number of amides is 2. The van der Waals surface area contributed by atoms with Gasteiger partial charge in [-0.25, -0.2) is 9.80 Å². The van der Waals surface area contributed by atoms with Gasteiger partial charge in [-0.3, -0.25) is 9.59 Å². The van der Waals surface area contributed by atoms with Gasteiger partial charge < -0.3 is 10.1 Å². The van der Waals surface area contributed by atoms with Crippen LogP contribution in [0.4, 0.5) is 11.4 Å². The number of hydrogen-bond acceptors (Lipinski definition) is 5. The Morgan fingerprint density at radius 3 is 2.30 bits per heavy atom. The molecule has 0 fully saturated rings. The maximum Gasteiger partial charge on any atom is 0.355 e. The molecule has 1 aliphatic heterocycles. The molecule has 7 heteroatoms. The van der Waals surface area contributed by atoms with Gasteiger partial charge in [-0.1, -0.05) is 66.7 Å². The number of para-hydroxylation sites is 2. The highest BCUT2D eigenvalue weighted by atomic mass is 16.5. The monoisotopic (exact) mass is 441 g/mol. The Hall–Kier alpha value is -4.26. The highest BCUT2D eigenvalue weighted by Gasteiger charge is 2.26. The van der Waals surface area contributed by atoms with Crippen LogP contribution in [0.15, 0.2) is 90.0 Å². The van der Waals surface area contributed by atoms with Crippen molar-refractivity contribution in [3.05, 3.63) is 96.1 Å². The van der Waals surface area contributed by atoms with Gasteiger partial charge in [0.1, 0.15) is 5.71 Å². The van der Waals surface area contributed by atoms with Gasteiger partial charge in [-0.05, 0) is 35.7 Å². The van der Waals surface area contributed by atoms with Crippen molar-refractivity contribution >= 4 is 34.9 Å². The Balaban J connectivity index is 1.37. The smallest absolute Gasteiger partial charge is 0.355 e. The van der Waals surface area contributed by atoms with E-state index in [1.54, 1.807) is 24.3 Å². The summed E-state index contributed by atoms with van der Waals surface area (Å²) in [5.74, 6) is -1.36. The lowest BCUT2D eigenvalue weighted by Crippen LogP contribution is -2.35. The lowest BCUT2D eigenvalue weighted by Gasteiger charge is -2.22. The quantitative estimate of drug-likeness (QED) is 0.563. The SMILES string of the molecule is O=C(COC(=O)C1=NN(c2ccccc2)C(=O)CC1)Nc1ccccc1Cc1ccccc1. The minimum atomic E-state index is -0.712. The molecule has 3 aromatic rings. The first-order valence-corrected chi connectivity index (χ1v) is 10.6. The molecule has 2 amide bonds. The average molecular weight is 441 g/mol. The van der Waals surface area contributed by atoms with Crippen molar-refractivity contribution in [3.8, 4) is 0 Å². The van der Waals surface area contributed by atoms with E-state index in [2.05, 4.69) is 10.4 Å². The van der Waals surface area contributed by atoms with E-state index in [0.717, 1.165) is 11.1 Å². The molecule has 0 aliphatic carbocycles. The fraction of sp³-hybridized carbons (Fsp3) is 0.154. The van der Waals surface area contributed by atoms with Gasteiger partial charge in [0.15, 0.2) is 6.61 Å². The van der Waals surface area contributed by atoms with Crippen LogP contribution in [0.5, 0.6) is 0 Å². The van der Waals surface area contributed by atoms with Crippen LogP contribution in [-0.4, -0.2) is 30.1 Å². The summed E-state index contributed by atoms with van der Waals surface area (Å²) in [6, 6.07) is 26.3. The van der Waals surface area contributed by atoms with Gasteiger partial charge in [0, 0.05) is 18.5 Å². The highest BCUT2D eigenvalue weighted by molar-refractivity contribution is 6.38. The Morgan fingerprint density at radius 2 is 1.55 bits per heavy atom. The van der Waals surface area contributed by atoms with Crippen LogP contribution in [0.25, 0.3) is 0 Å². The van der Waals surface area contributed by atoms with Gasteiger partial charge in [0.2, 0.25) is 5.91 Å². The second-order valence-electron chi connectivity index (χ2n) is 7.53. The molecule has 0 spiro atoms. The summed E-state index contributed by atoms with van der Waals surface area (Å²) in [6.45, 7) is -0.448. The first kappa shape index (κ1) is 22.0. The van der Waals surface area contributed by atoms with Crippen LogP contribution in [0, 0.1) is 0 Å². The highest BCUT2D eigenvalue weighted by Crippen LogP contribution is 2.21. The molecule has 3 aromatic carbocycles. The van der Waals surface area contributed by atoms with E-state index in [-0.39, 0.29) is 24.5 Å². The maximum absolute atomic E-state index is 12.5. The zero-order chi connectivity index (χ0) is 23.0. The second kappa shape index (κ2) is 10.4. The number of nitrogens with one attached hydrogen (secondary N) is 1. The number of anilines is 2. The molecule has 0 radical (unpaired) electrons. The van der Waals surface area contributed by atoms with Gasteiger partial charge in [0.25, 0.3) is 5.91 Å². The van der Waals surface area contributed by atoms with Crippen LogP contribution in [0.1, 0.15) is 24.0 Å². The van der Waals surface area contributed by atoms with E-state index in [9.17, 15) is 14.4 Å². The molecule has 33 heavy (non-hydrogen) atoms. The van der Waals surface area contributed by atoms with E-state index in [1.165, 1.54) is 5.01 Å². The first-order chi connectivity index (χ1) is 16.1. The van der Waals surface area contributed by atoms with E-state index in [0.29, 0.717) is 17.8 Å². The maximum atomic E-state index is 12.5. The first-order valence-electron chi connectivity index (χ1n) is 10.6. The number of ether oxygens (including phenoxy) is 1. The van der Waals surface area contributed by atoms with Crippen LogP contribution in [0.2, 0.25) is 0 Å². The van der Waals surface area contributed by atoms with E-state index < -0.39 is 18.5 Å². The summed E-state index contributed by atoms with van der Waals surface area (Å²) in [4.78, 5) is 37.1. The number of benzene rings is 3. The summed E-state index contributed by atoms with van der Waals surface area (Å²) < 4.78 is 5.17. The van der Waals surface area contributed by atoms with Gasteiger partial charge in [-0.2, -0.15) is 5.10 Å². The van der Waals surface area contributed by atoms with E-state index in [1.807, 2.05) is 60.7 Å². The fourth-order valence-electron chi connectivity index (χ4n) is 3.48. The molecule has 0 unspecified atom stereocenters. The molecular formula is C26H23N3O4. The summed E-state index contributed by atoms with van der Waals surface area (Å²) in [5, 5.41) is 8.15. The molecule has 4 rings (SSSR count). The second-order valence-corrected chi connectivity index (χ2v) is 7.53. The van der Waals surface area contributed by atoms with Crippen molar-refractivity contribution in [3.63, 3.8) is 0 Å². The topological polar surface area (TPSA) is 88.1 Å². The predicted molar refractivity (Wildman–Crippen MR) is 126 cm³/mol. The molecule has 1 N–H and O–H groups in total. The van der Waals surface area contributed by atoms with Gasteiger partial charge in [0.05, 0.1) is 5.69 Å². The Kier molecular flexibility index (Phi) is 6.90. The van der Waals surface area contributed by atoms with Crippen molar-refractivity contribution < 1.29 is 19.1 Å². The van der Waals surface area contributed by atoms with E-state index in [4.69, 9.17) is 4.74 Å². The number of hydrazone groups is 1. The summed E-state index contributed by atoms with van der Waals surface area (Å²) in [5.41, 5.74) is 3.42. The Labute approximate surface area is 191 Å². The van der Waals surface area contributed by atoms with Crippen molar-refractivity contribution in [1.82, 2.24) is 0 Å². The number of rotatable bonds is 7. The van der Waals surface area contributed by atoms with Gasteiger partial charge >= 0.3 is 5.97 Å². The van der Waals surface area contributed by atoms with Crippen LogP contribution in [-0.2, 0) is 25.5 Å². The van der Waals surface area contributed by atoms with Crippen molar-refractivity contribution in [2.45, 2.75) is 19.3 Å². The average Bonchev–Trinajstić information content (AvgIpc) is 2.85. The number of hydrogen-bond donors (Lipinski definition) is 1. The standard InChI is InChI=1S/C26H23N3O4/c30-24(27-22-14-8-7-11-20(22)17-19-9-3-1-4-10-19)18-33-26(32)23-15-16-25(31)29(28-23)21-12-5-2-6-13-21/h1-14H,15-18H2,(H,27,30). The summed E-state index contributed by atoms with van der Waals surface area (Å²) in [6.07, 6.45) is 0.974. The number of esters is 1. The lowest BCUT2D eigenvalue weighted by molar-refractivity contribution is -0.140. The molecule has 0 bridgehead atoms. The summed E-state index contributed by atoms with van der Waals surface area (Å²) in [7, 11) is 0. The predicted octanol–water partition coefficient (Wildman–Crippen LogP) is 3.94. The zero-order valence-corrected chi connectivity index (χ0v) is 17.9. The lowest BCUT2D eigenvalue weighted by atomic mass is 10.0. The molecular weight excluding hydrogens is 418 g/mol. The Morgan fingerprint density at radius 1 is 0.879 bits per heavy atom. The third-order valence-corrected chi connectivity index (χ3v) is 5.13. The van der Waals surface area contributed by atoms with Gasteiger partial charge in [-0.15, -0.1) is 0 Å². The molecule has 7 nitrogen and oxygen atoms in total. The fourth-order valence-corrected chi connectivity index (χ4v) is 3.48. The van der Waals surface area contributed by atoms with Crippen molar-refractivity contribution in [1.29, 1.82) is 0 Å². The number of carbonyl (C=O) groups is 3. The van der Waals surface area contributed by atoms with Crippen LogP contribution in [0.3, 0.4) is 0 Å². The van der Waals surface area contributed by atoms with E-state index >= 15 is 0 Å². The minimum Gasteiger partial charge on any atom is -0.451 e. The molecule has 166 valence electrons. The number of carbonyl (C=O) groups excluding carboxylic acids is 3. The minimum absolute atomic E-state index is 0.107. The normalized spacial score (nSPS) is 13.3. The van der Waals surface area contributed by atoms with Crippen molar-refractivity contribution in [2.75, 3.05) is 16.9 Å². The molecule has 1 heterocycles. The molecule has 0 saturated heterocycles. The molecule has 0 atom stereocenters. The number of nitrogens with zero attached hydrogens (tertiary/aromatic N) is 2. The van der Waals surface area contributed by atoms with Crippen LogP contribution >= 0.6 is 0 Å². The largest absolute Gasteiger partial charge is 0.451 e.